The van der Waals surface area contributed by atoms with E-state index in [2.05, 4.69) is 17.3 Å². The van der Waals surface area contributed by atoms with Crippen molar-refractivity contribution in [2.45, 2.75) is 45.2 Å². The SMILES string of the molecule is C[C@H]1CCCC[C@H]1NC(=O)Cn1nc(C(=O)[O-])c2ccccc2c1=O. The lowest BCUT2D eigenvalue weighted by molar-refractivity contribution is -0.255. The second kappa shape index (κ2) is 7.04. The van der Waals surface area contributed by atoms with Gasteiger partial charge in [0.25, 0.3) is 5.56 Å². The topological polar surface area (TPSA) is 104 Å². The van der Waals surface area contributed by atoms with Crippen LogP contribution in [-0.2, 0) is 11.3 Å². The quantitative estimate of drug-likeness (QED) is 0.869. The Labute approximate surface area is 144 Å². The molecule has 1 aliphatic rings. The number of nitrogens with zero attached hydrogens (tertiary/aromatic N) is 2. The number of amides is 1. The molecule has 2 atom stereocenters. The van der Waals surface area contributed by atoms with Gasteiger partial charge in [0.1, 0.15) is 12.2 Å². The predicted molar refractivity (Wildman–Crippen MR) is 89.9 cm³/mol. The maximum atomic E-state index is 12.5. The summed E-state index contributed by atoms with van der Waals surface area (Å²) in [7, 11) is 0. The Morgan fingerprint density at radius 1 is 1.24 bits per heavy atom. The summed E-state index contributed by atoms with van der Waals surface area (Å²) < 4.78 is 0.899. The van der Waals surface area contributed by atoms with Gasteiger partial charge in [-0.3, -0.25) is 9.59 Å². The molecule has 1 heterocycles. The van der Waals surface area contributed by atoms with Crippen molar-refractivity contribution in [3.63, 3.8) is 0 Å². The number of carbonyl (C=O) groups is 2. The van der Waals surface area contributed by atoms with Gasteiger partial charge in [-0.2, -0.15) is 5.10 Å². The lowest BCUT2D eigenvalue weighted by atomic mass is 9.86. The summed E-state index contributed by atoms with van der Waals surface area (Å²) in [4.78, 5) is 36.2. The van der Waals surface area contributed by atoms with Crippen LogP contribution in [0.1, 0.15) is 43.1 Å². The Balaban J connectivity index is 1.88. The van der Waals surface area contributed by atoms with Crippen molar-refractivity contribution in [1.29, 1.82) is 0 Å². The third-order valence-electron chi connectivity index (χ3n) is 4.81. The minimum Gasteiger partial charge on any atom is -0.543 e. The van der Waals surface area contributed by atoms with Crippen LogP contribution in [0.15, 0.2) is 29.1 Å². The van der Waals surface area contributed by atoms with E-state index in [1.54, 1.807) is 12.1 Å². The molecule has 1 aliphatic carbocycles. The Morgan fingerprint density at radius 2 is 1.92 bits per heavy atom. The molecule has 1 amide bonds. The number of carboxylic acid groups (broad SMARTS) is 1. The van der Waals surface area contributed by atoms with Crippen molar-refractivity contribution in [3.8, 4) is 0 Å². The van der Waals surface area contributed by atoms with Gasteiger partial charge >= 0.3 is 0 Å². The molecule has 0 radical (unpaired) electrons. The lowest BCUT2D eigenvalue weighted by Gasteiger charge is -2.29. The minimum atomic E-state index is -1.48. The molecule has 1 saturated carbocycles. The molecule has 7 nitrogen and oxygen atoms in total. The minimum absolute atomic E-state index is 0.0815. The number of nitrogens with one attached hydrogen (secondary N) is 1. The van der Waals surface area contributed by atoms with Gasteiger partial charge in [0.05, 0.1) is 11.4 Å². The number of carbonyl (C=O) groups excluding carboxylic acids is 2. The summed E-state index contributed by atoms with van der Waals surface area (Å²) in [6.07, 6.45) is 4.21. The molecule has 0 unspecified atom stereocenters. The van der Waals surface area contributed by atoms with Crippen LogP contribution >= 0.6 is 0 Å². The zero-order valence-electron chi connectivity index (χ0n) is 14.0. The zero-order chi connectivity index (χ0) is 18.0. The van der Waals surface area contributed by atoms with Crippen molar-refractivity contribution in [2.75, 3.05) is 0 Å². The maximum absolute atomic E-state index is 12.5. The summed E-state index contributed by atoms with van der Waals surface area (Å²) in [5.74, 6) is -1.43. The predicted octanol–water partition coefficient (Wildman–Crippen LogP) is 0.455. The van der Waals surface area contributed by atoms with E-state index in [0.29, 0.717) is 5.92 Å². The van der Waals surface area contributed by atoms with Crippen LogP contribution in [0.4, 0.5) is 0 Å². The number of hydrogen-bond donors (Lipinski definition) is 1. The van der Waals surface area contributed by atoms with E-state index in [0.717, 1.165) is 30.4 Å². The fourth-order valence-corrected chi connectivity index (χ4v) is 3.41. The van der Waals surface area contributed by atoms with E-state index in [9.17, 15) is 19.5 Å². The fourth-order valence-electron chi connectivity index (χ4n) is 3.41. The van der Waals surface area contributed by atoms with E-state index >= 15 is 0 Å². The maximum Gasteiger partial charge on any atom is 0.275 e. The van der Waals surface area contributed by atoms with Crippen LogP contribution in [0.5, 0.6) is 0 Å². The van der Waals surface area contributed by atoms with Gasteiger partial charge in [0.15, 0.2) is 0 Å². The van der Waals surface area contributed by atoms with E-state index in [4.69, 9.17) is 0 Å². The molecule has 7 heteroatoms. The first-order valence-corrected chi connectivity index (χ1v) is 8.48. The zero-order valence-corrected chi connectivity index (χ0v) is 14.0. The van der Waals surface area contributed by atoms with E-state index in [1.807, 2.05) is 0 Å². The van der Waals surface area contributed by atoms with Gasteiger partial charge in [-0.05, 0) is 24.8 Å². The molecule has 0 saturated heterocycles. The molecule has 132 valence electrons. The molecule has 1 N–H and O–H groups in total. The third kappa shape index (κ3) is 3.55. The highest BCUT2D eigenvalue weighted by Gasteiger charge is 2.23. The van der Waals surface area contributed by atoms with Crippen LogP contribution in [0.25, 0.3) is 10.8 Å². The smallest absolute Gasteiger partial charge is 0.275 e. The first-order valence-electron chi connectivity index (χ1n) is 8.48. The van der Waals surface area contributed by atoms with E-state index < -0.39 is 11.5 Å². The molecule has 1 aromatic heterocycles. The second-order valence-electron chi connectivity index (χ2n) is 6.58. The number of aromatic carboxylic acids is 1. The number of carboxylic acids is 1. The Bertz CT molecular complexity index is 874. The van der Waals surface area contributed by atoms with Crippen LogP contribution in [0.2, 0.25) is 0 Å². The molecule has 1 aromatic carbocycles. The highest BCUT2D eigenvalue weighted by Crippen LogP contribution is 2.23. The number of rotatable bonds is 4. The highest BCUT2D eigenvalue weighted by atomic mass is 16.4. The van der Waals surface area contributed by atoms with Crippen molar-refractivity contribution >= 4 is 22.6 Å². The van der Waals surface area contributed by atoms with Crippen LogP contribution in [-0.4, -0.2) is 27.7 Å². The first kappa shape index (κ1) is 17.1. The molecule has 0 bridgehead atoms. The average molecular weight is 342 g/mol. The molecule has 1 fully saturated rings. The summed E-state index contributed by atoms with van der Waals surface area (Å²) in [5, 5.41) is 18.5. The lowest BCUT2D eigenvalue weighted by Crippen LogP contribution is -2.44. The second-order valence-corrected chi connectivity index (χ2v) is 6.58. The van der Waals surface area contributed by atoms with Gasteiger partial charge in [-0.15, -0.1) is 0 Å². The molecular weight excluding hydrogens is 322 g/mol. The molecule has 2 aromatic rings. The standard InChI is InChI=1S/C18H21N3O4/c1-11-6-2-5-9-14(11)19-15(22)10-21-17(23)13-8-4-3-7-12(13)16(20-21)18(24)25/h3-4,7-8,11,14H,2,5-6,9-10H2,1H3,(H,19,22)(H,24,25)/p-1/t11-,14+/m0/s1. The highest BCUT2D eigenvalue weighted by molar-refractivity contribution is 6.00. The van der Waals surface area contributed by atoms with Crippen LogP contribution in [0, 0.1) is 5.92 Å². The van der Waals surface area contributed by atoms with Crippen molar-refractivity contribution in [1.82, 2.24) is 15.1 Å². The molecular formula is C18H20N3O4-. The van der Waals surface area contributed by atoms with E-state index in [-0.39, 0.29) is 35.0 Å². The number of hydrogen-bond acceptors (Lipinski definition) is 5. The molecule has 0 spiro atoms. The number of fused-ring (bicyclic) bond motifs is 1. The van der Waals surface area contributed by atoms with Crippen molar-refractivity contribution in [3.05, 3.63) is 40.3 Å². The molecule has 0 aliphatic heterocycles. The summed E-state index contributed by atoms with van der Waals surface area (Å²) in [6, 6.07) is 6.36. The van der Waals surface area contributed by atoms with Crippen LogP contribution < -0.4 is 16.0 Å². The fraction of sp³-hybridized carbons (Fsp3) is 0.444. The van der Waals surface area contributed by atoms with Gasteiger partial charge in [0.2, 0.25) is 5.91 Å². The Morgan fingerprint density at radius 3 is 2.60 bits per heavy atom. The van der Waals surface area contributed by atoms with E-state index in [1.165, 1.54) is 12.1 Å². The van der Waals surface area contributed by atoms with Gasteiger partial charge in [-0.25, -0.2) is 4.68 Å². The summed E-state index contributed by atoms with van der Waals surface area (Å²) >= 11 is 0. The Hall–Kier alpha value is -2.70. The molecule has 3 rings (SSSR count). The average Bonchev–Trinajstić information content (AvgIpc) is 2.59. The first-order chi connectivity index (χ1) is 12.0. The monoisotopic (exact) mass is 342 g/mol. The summed E-state index contributed by atoms with van der Waals surface area (Å²) in [5.41, 5.74) is -0.832. The molecule has 25 heavy (non-hydrogen) atoms. The number of benzene rings is 1. The van der Waals surface area contributed by atoms with Crippen molar-refractivity contribution < 1.29 is 14.7 Å². The van der Waals surface area contributed by atoms with Gasteiger partial charge in [-0.1, -0.05) is 38.0 Å². The summed E-state index contributed by atoms with van der Waals surface area (Å²) in [6.45, 7) is 1.78. The normalized spacial score (nSPS) is 20.4. The largest absolute Gasteiger partial charge is 0.543 e. The number of aromatic nitrogens is 2. The van der Waals surface area contributed by atoms with Crippen molar-refractivity contribution in [2.24, 2.45) is 5.92 Å². The van der Waals surface area contributed by atoms with Crippen LogP contribution in [0.3, 0.4) is 0 Å². The van der Waals surface area contributed by atoms with Gasteiger partial charge < -0.3 is 15.2 Å². The Kier molecular flexibility index (Phi) is 4.83. The third-order valence-corrected chi connectivity index (χ3v) is 4.81. The van der Waals surface area contributed by atoms with Gasteiger partial charge in [0, 0.05) is 11.4 Å².